The molecule has 0 aromatic heterocycles. The smallest absolute Gasteiger partial charge is 0.187 e. The number of benzene rings is 1. The van der Waals surface area contributed by atoms with Crippen LogP contribution in [-0.4, -0.2) is 0 Å². The molecular formula is C19H15FN4. The number of rotatable bonds is 1. The average molecular weight is 318 g/mol. The van der Waals surface area contributed by atoms with E-state index >= 15 is 0 Å². The van der Waals surface area contributed by atoms with E-state index in [2.05, 4.69) is 0 Å². The Balaban J connectivity index is 2.37. The van der Waals surface area contributed by atoms with Gasteiger partial charge < -0.3 is 5.73 Å². The molecule has 0 aliphatic heterocycles. The predicted octanol–water partition coefficient (Wildman–Crippen LogP) is 3.42. The van der Waals surface area contributed by atoms with Crippen LogP contribution in [0.4, 0.5) is 4.39 Å². The van der Waals surface area contributed by atoms with E-state index in [4.69, 9.17) is 5.73 Å². The van der Waals surface area contributed by atoms with Crippen molar-refractivity contribution in [1.29, 1.82) is 15.8 Å². The highest BCUT2D eigenvalue weighted by Crippen LogP contribution is 2.56. The minimum atomic E-state index is -1.78. The summed E-state index contributed by atoms with van der Waals surface area (Å²) in [6.45, 7) is 0. The van der Waals surface area contributed by atoms with Crippen LogP contribution in [-0.2, 0) is 0 Å². The van der Waals surface area contributed by atoms with E-state index in [9.17, 15) is 20.2 Å². The summed E-state index contributed by atoms with van der Waals surface area (Å²) >= 11 is 0. The van der Waals surface area contributed by atoms with Crippen LogP contribution in [0.1, 0.15) is 30.7 Å². The van der Waals surface area contributed by atoms with E-state index in [1.807, 2.05) is 24.3 Å². The molecule has 24 heavy (non-hydrogen) atoms. The van der Waals surface area contributed by atoms with Gasteiger partial charge in [-0.25, -0.2) is 4.39 Å². The summed E-state index contributed by atoms with van der Waals surface area (Å²) in [7, 11) is 0. The Hall–Kier alpha value is -3.10. The number of nitrogens with two attached hydrogens (primary N) is 1. The third-order valence-electron chi connectivity index (χ3n) is 5.03. The maximum atomic E-state index is 14.5. The minimum Gasteiger partial charge on any atom is -0.398 e. The van der Waals surface area contributed by atoms with Gasteiger partial charge in [-0.1, -0.05) is 24.3 Å². The Labute approximate surface area is 139 Å². The summed E-state index contributed by atoms with van der Waals surface area (Å²) in [6.07, 6.45) is 4.35. The van der Waals surface area contributed by atoms with Crippen LogP contribution in [0, 0.1) is 51.1 Å². The molecule has 0 unspecified atom stereocenters. The third kappa shape index (κ3) is 2.01. The van der Waals surface area contributed by atoms with Gasteiger partial charge in [-0.05, 0) is 42.4 Å². The summed E-state index contributed by atoms with van der Waals surface area (Å²) in [5.74, 6) is -1.46. The molecule has 2 atom stereocenters. The molecular weight excluding hydrogens is 303 g/mol. The van der Waals surface area contributed by atoms with Gasteiger partial charge >= 0.3 is 0 Å². The van der Waals surface area contributed by atoms with Gasteiger partial charge in [0, 0.05) is 5.92 Å². The van der Waals surface area contributed by atoms with Crippen molar-refractivity contribution in [3.63, 3.8) is 0 Å². The number of halogens is 1. The maximum absolute atomic E-state index is 14.5. The van der Waals surface area contributed by atoms with Gasteiger partial charge in [0.25, 0.3) is 0 Å². The maximum Gasteiger partial charge on any atom is 0.187 e. The Morgan fingerprint density at radius 2 is 1.88 bits per heavy atom. The van der Waals surface area contributed by atoms with Crippen LogP contribution in [0.5, 0.6) is 0 Å². The zero-order chi connectivity index (χ0) is 17.3. The second-order valence-corrected chi connectivity index (χ2v) is 6.13. The van der Waals surface area contributed by atoms with Crippen LogP contribution >= 0.6 is 0 Å². The second kappa shape index (κ2) is 5.84. The number of nitriles is 3. The van der Waals surface area contributed by atoms with Crippen LogP contribution in [0.15, 0.2) is 47.2 Å². The highest BCUT2D eigenvalue weighted by molar-refractivity contribution is 5.59. The molecule has 5 heteroatoms. The van der Waals surface area contributed by atoms with E-state index in [-0.39, 0.29) is 17.2 Å². The molecule has 0 radical (unpaired) electrons. The molecule has 1 aromatic carbocycles. The molecule has 0 amide bonds. The fraction of sp³-hybridized carbons (Fsp3) is 0.316. The highest BCUT2D eigenvalue weighted by atomic mass is 19.1. The standard InChI is InChI=1S/C19H15FN4/c20-16-8-4-3-7-14(16)17-12-5-1-2-6-13(12)18(24)15(9-21)19(17,10-22)11-23/h3-4,6-8,12,17H,1-2,5,24H2/t12-,17+/m1/s1. The molecule has 2 aliphatic rings. The van der Waals surface area contributed by atoms with Gasteiger partial charge in [-0.15, -0.1) is 0 Å². The van der Waals surface area contributed by atoms with Crippen molar-refractivity contribution in [1.82, 2.24) is 0 Å². The average Bonchev–Trinajstić information content (AvgIpc) is 2.62. The SMILES string of the molecule is N#CC1=C(N)C2=CCCC[C@H]2[C@@H](c2ccccc2F)C1(C#N)C#N. The van der Waals surface area contributed by atoms with Crippen molar-refractivity contribution < 1.29 is 4.39 Å². The molecule has 3 rings (SSSR count). The molecule has 0 saturated carbocycles. The zero-order valence-corrected chi connectivity index (χ0v) is 13.0. The first-order valence-electron chi connectivity index (χ1n) is 7.78. The monoisotopic (exact) mass is 318 g/mol. The van der Waals surface area contributed by atoms with E-state index in [0.29, 0.717) is 12.0 Å². The lowest BCUT2D eigenvalue weighted by Gasteiger charge is -2.43. The molecule has 2 N–H and O–H groups in total. The molecule has 0 saturated heterocycles. The van der Waals surface area contributed by atoms with Crippen molar-refractivity contribution in [2.24, 2.45) is 17.1 Å². The molecule has 0 bridgehead atoms. The molecule has 118 valence electrons. The minimum absolute atomic E-state index is 0.0647. The lowest BCUT2D eigenvalue weighted by Crippen LogP contribution is -2.41. The van der Waals surface area contributed by atoms with Crippen molar-refractivity contribution in [2.75, 3.05) is 0 Å². The molecule has 0 heterocycles. The van der Waals surface area contributed by atoms with Crippen molar-refractivity contribution in [3.8, 4) is 18.2 Å². The summed E-state index contributed by atoms with van der Waals surface area (Å²) in [5, 5.41) is 29.2. The Morgan fingerprint density at radius 1 is 1.17 bits per heavy atom. The first-order chi connectivity index (χ1) is 11.6. The van der Waals surface area contributed by atoms with E-state index in [1.54, 1.807) is 18.2 Å². The Kier molecular flexibility index (Phi) is 3.84. The predicted molar refractivity (Wildman–Crippen MR) is 85.1 cm³/mol. The molecule has 1 aromatic rings. The lowest BCUT2D eigenvalue weighted by molar-refractivity contribution is 0.314. The Morgan fingerprint density at radius 3 is 2.50 bits per heavy atom. The van der Waals surface area contributed by atoms with Gasteiger partial charge in [-0.3, -0.25) is 0 Å². The molecule has 0 spiro atoms. The summed E-state index contributed by atoms with van der Waals surface area (Å²) in [5.41, 5.74) is 5.57. The first-order valence-corrected chi connectivity index (χ1v) is 7.78. The normalized spacial score (nSPS) is 24.8. The quantitative estimate of drug-likeness (QED) is 0.857. The number of hydrogen-bond donors (Lipinski definition) is 1. The van der Waals surface area contributed by atoms with Gasteiger partial charge in [0.05, 0.1) is 29.5 Å². The van der Waals surface area contributed by atoms with Crippen LogP contribution in [0.3, 0.4) is 0 Å². The molecule has 4 nitrogen and oxygen atoms in total. The largest absolute Gasteiger partial charge is 0.398 e. The van der Waals surface area contributed by atoms with Gasteiger partial charge in [0.2, 0.25) is 0 Å². The van der Waals surface area contributed by atoms with E-state index in [0.717, 1.165) is 18.4 Å². The summed E-state index contributed by atoms with van der Waals surface area (Å²) in [4.78, 5) is 0. The fourth-order valence-corrected chi connectivity index (χ4v) is 3.97. The van der Waals surface area contributed by atoms with Gasteiger partial charge in [-0.2, -0.15) is 15.8 Å². The molecule has 2 aliphatic carbocycles. The van der Waals surface area contributed by atoms with Crippen LogP contribution in [0.2, 0.25) is 0 Å². The lowest BCUT2D eigenvalue weighted by atomic mass is 9.56. The van der Waals surface area contributed by atoms with Crippen molar-refractivity contribution in [3.05, 3.63) is 58.6 Å². The van der Waals surface area contributed by atoms with Crippen molar-refractivity contribution in [2.45, 2.75) is 25.2 Å². The number of fused-ring (bicyclic) bond motifs is 1. The van der Waals surface area contributed by atoms with Gasteiger partial charge in [0.15, 0.2) is 5.41 Å². The summed E-state index contributed by atoms with van der Waals surface area (Å²) in [6, 6.07) is 12.1. The van der Waals surface area contributed by atoms with Crippen LogP contribution < -0.4 is 5.73 Å². The summed E-state index contributed by atoms with van der Waals surface area (Å²) < 4.78 is 14.5. The number of hydrogen-bond acceptors (Lipinski definition) is 4. The third-order valence-corrected chi connectivity index (χ3v) is 5.03. The zero-order valence-electron chi connectivity index (χ0n) is 13.0. The second-order valence-electron chi connectivity index (χ2n) is 6.13. The van der Waals surface area contributed by atoms with Crippen LogP contribution in [0.25, 0.3) is 0 Å². The highest BCUT2D eigenvalue weighted by Gasteiger charge is 2.54. The Bertz CT molecular complexity index is 862. The van der Waals surface area contributed by atoms with Crippen molar-refractivity contribution >= 4 is 0 Å². The van der Waals surface area contributed by atoms with E-state index in [1.165, 1.54) is 6.07 Å². The number of allylic oxidation sites excluding steroid dienone is 3. The van der Waals surface area contributed by atoms with E-state index < -0.39 is 17.2 Å². The fourth-order valence-electron chi connectivity index (χ4n) is 3.97. The topological polar surface area (TPSA) is 97.4 Å². The number of nitrogens with zero attached hydrogens (tertiary/aromatic N) is 3. The molecule has 0 fully saturated rings. The van der Waals surface area contributed by atoms with Gasteiger partial charge in [0.1, 0.15) is 5.82 Å². The first kappa shape index (κ1) is 15.8.